The van der Waals surface area contributed by atoms with Crippen LogP contribution in [0.4, 0.5) is 5.69 Å². The maximum absolute atomic E-state index is 10.7. The molecule has 0 saturated carbocycles. The molecule has 3 rings (SSSR count). The normalized spacial score (nSPS) is 17.0. The predicted molar refractivity (Wildman–Crippen MR) is 91.1 cm³/mol. The molecule has 1 unspecified atom stereocenters. The van der Waals surface area contributed by atoms with Crippen molar-refractivity contribution in [3.63, 3.8) is 0 Å². The number of carboxylic acids is 1. The quantitative estimate of drug-likeness (QED) is 0.671. The van der Waals surface area contributed by atoms with E-state index in [-0.39, 0.29) is 5.56 Å². The van der Waals surface area contributed by atoms with Gasteiger partial charge in [-0.15, -0.1) is 0 Å². The predicted octanol–water partition coefficient (Wildman–Crippen LogP) is 0.339. The molecule has 1 aliphatic heterocycles. The first-order valence-corrected chi connectivity index (χ1v) is 8.10. The third-order valence-electron chi connectivity index (χ3n) is 4.17. The van der Waals surface area contributed by atoms with Crippen LogP contribution in [0.5, 0.6) is 0 Å². The van der Waals surface area contributed by atoms with Crippen molar-refractivity contribution in [2.45, 2.75) is 13.0 Å². The molecule has 2 aromatic carbocycles. The Bertz CT molecular complexity index is 711. The molecule has 5 heteroatoms. The molecule has 124 valence electrons. The topological polar surface area (TPSA) is 68.6 Å². The van der Waals surface area contributed by atoms with E-state index < -0.39 is 5.97 Å². The first-order valence-electron chi connectivity index (χ1n) is 8.10. The maximum atomic E-state index is 10.7. The number of benzene rings is 2. The third kappa shape index (κ3) is 4.36. The lowest BCUT2D eigenvalue weighted by Gasteiger charge is -2.24. The van der Waals surface area contributed by atoms with Crippen molar-refractivity contribution in [1.29, 1.82) is 0 Å². The van der Waals surface area contributed by atoms with Gasteiger partial charge in [-0.2, -0.15) is 0 Å². The molecule has 24 heavy (non-hydrogen) atoms. The van der Waals surface area contributed by atoms with E-state index in [1.807, 2.05) is 6.07 Å². The van der Waals surface area contributed by atoms with Crippen LogP contribution in [0.3, 0.4) is 0 Å². The molecular weight excluding hydrogens is 302 g/mol. The SMILES string of the molecule is O=C([O-])c1ccc(NNC2=CC[NH+](Cc3ccccc3)CC2)cc1. The Kier molecular flexibility index (Phi) is 5.13. The second-order valence-corrected chi connectivity index (χ2v) is 5.96. The lowest BCUT2D eigenvalue weighted by Crippen LogP contribution is -3.11. The van der Waals surface area contributed by atoms with Crippen LogP contribution in [0.15, 0.2) is 66.4 Å². The largest absolute Gasteiger partial charge is 0.545 e. The first-order chi connectivity index (χ1) is 11.7. The molecule has 0 bridgehead atoms. The Morgan fingerprint density at radius 3 is 2.42 bits per heavy atom. The highest BCUT2D eigenvalue weighted by Gasteiger charge is 2.14. The van der Waals surface area contributed by atoms with E-state index in [4.69, 9.17) is 0 Å². The zero-order valence-electron chi connectivity index (χ0n) is 13.4. The lowest BCUT2D eigenvalue weighted by molar-refractivity contribution is -0.909. The molecule has 3 N–H and O–H groups in total. The summed E-state index contributed by atoms with van der Waals surface area (Å²) in [7, 11) is 0. The molecule has 2 aromatic rings. The Labute approximate surface area is 141 Å². The van der Waals surface area contributed by atoms with Gasteiger partial charge in [0.05, 0.1) is 24.7 Å². The van der Waals surface area contributed by atoms with Gasteiger partial charge in [-0.05, 0) is 23.8 Å². The lowest BCUT2D eigenvalue weighted by atomic mass is 10.1. The zero-order chi connectivity index (χ0) is 16.8. The summed E-state index contributed by atoms with van der Waals surface area (Å²) in [5, 5.41) is 10.7. The number of anilines is 1. The fraction of sp³-hybridized carbons (Fsp3) is 0.211. The van der Waals surface area contributed by atoms with Crippen LogP contribution in [0.25, 0.3) is 0 Å². The summed E-state index contributed by atoms with van der Waals surface area (Å²) in [4.78, 5) is 12.3. The summed E-state index contributed by atoms with van der Waals surface area (Å²) >= 11 is 0. The van der Waals surface area contributed by atoms with E-state index in [9.17, 15) is 9.90 Å². The van der Waals surface area contributed by atoms with E-state index in [2.05, 4.69) is 41.2 Å². The summed E-state index contributed by atoms with van der Waals surface area (Å²) in [5.74, 6) is -1.16. The van der Waals surface area contributed by atoms with Crippen LogP contribution >= 0.6 is 0 Å². The number of quaternary nitrogens is 1. The number of hydrazine groups is 1. The summed E-state index contributed by atoms with van der Waals surface area (Å²) in [6, 6.07) is 17.0. The van der Waals surface area contributed by atoms with Gasteiger partial charge in [-0.25, -0.2) is 0 Å². The minimum absolute atomic E-state index is 0.178. The molecule has 0 aliphatic carbocycles. The summed E-state index contributed by atoms with van der Waals surface area (Å²) < 4.78 is 0. The van der Waals surface area contributed by atoms with Gasteiger partial charge in [-0.3, -0.25) is 0 Å². The van der Waals surface area contributed by atoms with Crippen molar-refractivity contribution in [1.82, 2.24) is 5.43 Å². The van der Waals surface area contributed by atoms with Crippen molar-refractivity contribution in [2.24, 2.45) is 0 Å². The number of hydrogen-bond acceptors (Lipinski definition) is 4. The Morgan fingerprint density at radius 2 is 1.79 bits per heavy atom. The van der Waals surface area contributed by atoms with Gasteiger partial charge in [0.2, 0.25) is 0 Å². The molecule has 0 fully saturated rings. The monoisotopic (exact) mass is 323 g/mol. The standard InChI is InChI=1S/C19H21N3O2/c23-19(24)16-6-8-17(9-7-16)20-21-18-10-12-22(13-11-18)14-15-4-2-1-3-5-15/h1-10,20-21H,11-14H2,(H,23,24). The molecular formula is C19H21N3O2. The molecule has 0 radical (unpaired) electrons. The van der Waals surface area contributed by atoms with Gasteiger partial charge in [0.15, 0.2) is 0 Å². The second-order valence-electron chi connectivity index (χ2n) is 5.96. The van der Waals surface area contributed by atoms with Crippen molar-refractivity contribution >= 4 is 11.7 Å². The van der Waals surface area contributed by atoms with Crippen LogP contribution in [0, 0.1) is 0 Å². The number of aromatic carboxylic acids is 1. The molecule has 0 aromatic heterocycles. The van der Waals surface area contributed by atoms with Gasteiger partial charge in [0, 0.05) is 17.7 Å². The van der Waals surface area contributed by atoms with E-state index in [0.717, 1.165) is 37.4 Å². The molecule has 0 amide bonds. The number of carbonyl (C=O) groups excluding carboxylic acids is 1. The average molecular weight is 323 g/mol. The number of rotatable bonds is 6. The molecule has 1 heterocycles. The number of nitrogens with one attached hydrogen (secondary N) is 3. The van der Waals surface area contributed by atoms with Crippen molar-refractivity contribution in [2.75, 3.05) is 18.5 Å². The Balaban J connectivity index is 1.48. The smallest absolute Gasteiger partial charge is 0.103 e. The third-order valence-corrected chi connectivity index (χ3v) is 4.17. The van der Waals surface area contributed by atoms with E-state index in [0.29, 0.717) is 0 Å². The van der Waals surface area contributed by atoms with Crippen LogP contribution in [0.2, 0.25) is 0 Å². The van der Waals surface area contributed by atoms with Crippen LogP contribution < -0.4 is 20.9 Å². The highest BCUT2D eigenvalue weighted by molar-refractivity contribution is 5.86. The fourth-order valence-electron chi connectivity index (χ4n) is 2.78. The highest BCUT2D eigenvalue weighted by atomic mass is 16.4. The number of hydrogen-bond donors (Lipinski definition) is 3. The van der Waals surface area contributed by atoms with E-state index >= 15 is 0 Å². The minimum atomic E-state index is -1.16. The summed E-state index contributed by atoms with van der Waals surface area (Å²) in [5.41, 5.74) is 9.83. The molecule has 0 spiro atoms. The van der Waals surface area contributed by atoms with E-state index in [1.54, 1.807) is 17.0 Å². The van der Waals surface area contributed by atoms with Gasteiger partial charge in [0.1, 0.15) is 6.54 Å². The molecule has 1 atom stereocenters. The fourth-order valence-corrected chi connectivity index (χ4v) is 2.78. The number of carboxylic acid groups (broad SMARTS) is 1. The van der Waals surface area contributed by atoms with E-state index in [1.165, 1.54) is 17.7 Å². The minimum Gasteiger partial charge on any atom is -0.545 e. The average Bonchev–Trinajstić information content (AvgIpc) is 2.62. The highest BCUT2D eigenvalue weighted by Crippen LogP contribution is 2.09. The van der Waals surface area contributed by atoms with Crippen molar-refractivity contribution < 1.29 is 14.8 Å². The Morgan fingerprint density at radius 1 is 1.04 bits per heavy atom. The molecule has 0 saturated heterocycles. The zero-order valence-corrected chi connectivity index (χ0v) is 13.4. The second kappa shape index (κ2) is 7.66. The van der Waals surface area contributed by atoms with Crippen molar-refractivity contribution in [3.05, 3.63) is 77.5 Å². The van der Waals surface area contributed by atoms with Gasteiger partial charge in [0.25, 0.3) is 0 Å². The summed E-state index contributed by atoms with van der Waals surface area (Å²) in [6.45, 7) is 3.12. The van der Waals surface area contributed by atoms with Crippen molar-refractivity contribution in [3.8, 4) is 0 Å². The van der Waals surface area contributed by atoms with Gasteiger partial charge >= 0.3 is 0 Å². The first kappa shape index (κ1) is 16.1. The summed E-state index contributed by atoms with van der Waals surface area (Å²) in [6.07, 6.45) is 3.19. The van der Waals surface area contributed by atoms with Crippen LogP contribution in [0.1, 0.15) is 22.3 Å². The molecule has 1 aliphatic rings. The van der Waals surface area contributed by atoms with Crippen LogP contribution in [-0.2, 0) is 6.54 Å². The maximum Gasteiger partial charge on any atom is 0.103 e. The Hall–Kier alpha value is -2.79. The molecule has 5 nitrogen and oxygen atoms in total. The van der Waals surface area contributed by atoms with Gasteiger partial charge in [-0.1, -0.05) is 42.5 Å². The number of carbonyl (C=O) groups is 1. The van der Waals surface area contributed by atoms with Crippen LogP contribution in [-0.4, -0.2) is 19.1 Å². The van der Waals surface area contributed by atoms with Gasteiger partial charge < -0.3 is 25.7 Å².